The third-order valence-electron chi connectivity index (χ3n) is 6.68. The molecule has 9 nitrogen and oxygen atoms in total. The van der Waals surface area contributed by atoms with E-state index in [1.54, 1.807) is 21.3 Å². The molecule has 0 atom stereocenters. The van der Waals surface area contributed by atoms with Crippen molar-refractivity contribution >= 4 is 22.7 Å². The summed E-state index contributed by atoms with van der Waals surface area (Å²) >= 11 is 0. The fourth-order valence-electron chi connectivity index (χ4n) is 4.70. The maximum absolute atomic E-state index is 8.11. The number of aromatic nitrogens is 2. The zero-order valence-electron chi connectivity index (χ0n) is 20.0. The topological polar surface area (TPSA) is 121 Å². The third kappa shape index (κ3) is 4.70. The van der Waals surface area contributed by atoms with Gasteiger partial charge in [0.1, 0.15) is 11.6 Å². The molecule has 0 unspecified atom stereocenters. The second-order valence-electron chi connectivity index (χ2n) is 8.58. The number of ether oxygens (including phenoxy) is 2. The summed E-state index contributed by atoms with van der Waals surface area (Å²) in [4.78, 5) is 11.3. The molecule has 34 heavy (non-hydrogen) atoms. The summed E-state index contributed by atoms with van der Waals surface area (Å²) in [5, 5.41) is 15.4. The molecule has 0 amide bonds. The van der Waals surface area contributed by atoms with Crippen LogP contribution in [0.15, 0.2) is 42.5 Å². The minimum atomic E-state index is -0.0231. The molecule has 9 heteroatoms. The SMILES string of the molecule is CNC(=N)N1CCC(CNCc2nc(N)c3cc(OC)c(OC)cc3n2)(c2ccccc2)CC1. The molecule has 0 spiro atoms. The van der Waals surface area contributed by atoms with E-state index in [-0.39, 0.29) is 5.41 Å². The fourth-order valence-corrected chi connectivity index (χ4v) is 4.70. The van der Waals surface area contributed by atoms with Gasteiger partial charge in [0.25, 0.3) is 0 Å². The van der Waals surface area contributed by atoms with Crippen LogP contribution in [0.4, 0.5) is 5.82 Å². The molecule has 180 valence electrons. The predicted octanol–water partition coefficient (Wildman–Crippen LogP) is 2.51. The molecule has 0 bridgehead atoms. The Kier molecular flexibility index (Phi) is 7.02. The number of hydrogen-bond donors (Lipinski definition) is 4. The molecule has 2 heterocycles. The Hall–Kier alpha value is -3.59. The molecule has 1 aliphatic heterocycles. The van der Waals surface area contributed by atoms with E-state index in [0.29, 0.717) is 35.6 Å². The first kappa shape index (κ1) is 23.6. The van der Waals surface area contributed by atoms with Gasteiger partial charge < -0.3 is 30.7 Å². The average molecular weight is 464 g/mol. The van der Waals surface area contributed by atoms with Gasteiger partial charge in [-0.15, -0.1) is 0 Å². The summed E-state index contributed by atoms with van der Waals surface area (Å²) < 4.78 is 10.8. The number of nitrogens with two attached hydrogens (primary N) is 1. The van der Waals surface area contributed by atoms with Crippen LogP contribution >= 0.6 is 0 Å². The molecule has 1 aromatic heterocycles. The van der Waals surface area contributed by atoms with Gasteiger partial charge in [0, 0.05) is 43.5 Å². The van der Waals surface area contributed by atoms with E-state index in [0.717, 1.165) is 43.4 Å². The minimum absolute atomic E-state index is 0.0231. The van der Waals surface area contributed by atoms with E-state index in [9.17, 15) is 0 Å². The first-order valence-corrected chi connectivity index (χ1v) is 11.5. The maximum atomic E-state index is 8.11. The molecule has 2 aromatic carbocycles. The molecule has 0 radical (unpaired) electrons. The maximum Gasteiger partial charge on any atom is 0.190 e. The lowest BCUT2D eigenvalue weighted by Crippen LogP contribution is -2.51. The van der Waals surface area contributed by atoms with Gasteiger partial charge in [0.15, 0.2) is 17.5 Å². The summed E-state index contributed by atoms with van der Waals surface area (Å²) in [5.41, 5.74) is 8.27. The normalized spacial score (nSPS) is 15.2. The van der Waals surface area contributed by atoms with Crippen LogP contribution in [0.1, 0.15) is 24.2 Å². The number of likely N-dealkylation sites (tertiary alicyclic amines) is 1. The lowest BCUT2D eigenvalue weighted by molar-refractivity contribution is 0.213. The van der Waals surface area contributed by atoms with Gasteiger partial charge in [0.05, 0.1) is 26.3 Å². The number of piperidine rings is 1. The van der Waals surface area contributed by atoms with Crippen LogP contribution in [0.2, 0.25) is 0 Å². The van der Waals surface area contributed by atoms with E-state index in [2.05, 4.69) is 44.8 Å². The highest BCUT2D eigenvalue weighted by Gasteiger charge is 2.36. The van der Waals surface area contributed by atoms with Gasteiger partial charge in [-0.3, -0.25) is 5.41 Å². The van der Waals surface area contributed by atoms with Gasteiger partial charge in [0.2, 0.25) is 0 Å². The van der Waals surface area contributed by atoms with Gasteiger partial charge in [-0.2, -0.15) is 0 Å². The number of nitrogens with zero attached hydrogens (tertiary/aromatic N) is 3. The van der Waals surface area contributed by atoms with Crippen LogP contribution in [0, 0.1) is 5.41 Å². The van der Waals surface area contributed by atoms with Crippen molar-refractivity contribution in [3.8, 4) is 11.5 Å². The van der Waals surface area contributed by atoms with Crippen LogP contribution in [0.5, 0.6) is 11.5 Å². The zero-order chi connectivity index (χ0) is 24.1. The molecule has 3 aromatic rings. The number of nitrogen functional groups attached to an aromatic ring is 1. The summed E-state index contributed by atoms with van der Waals surface area (Å²) in [6.07, 6.45) is 1.90. The quantitative estimate of drug-likeness (QED) is 0.312. The van der Waals surface area contributed by atoms with Gasteiger partial charge >= 0.3 is 0 Å². The van der Waals surface area contributed by atoms with E-state index in [1.165, 1.54) is 5.56 Å². The molecular weight excluding hydrogens is 430 g/mol. The van der Waals surface area contributed by atoms with Crippen LogP contribution in [-0.4, -0.2) is 61.7 Å². The standard InChI is InChI=1S/C25H33N7O2/c1-28-24(27)32-11-9-25(10-12-32,17-7-5-4-6-8-17)16-29-15-22-30-19-14-21(34-3)20(33-2)13-18(19)23(26)31-22/h4-8,13-14,29H,9-12,15-16H2,1-3H3,(H2,27,28)(H2,26,30,31). The highest BCUT2D eigenvalue weighted by molar-refractivity contribution is 5.90. The number of nitrogens with one attached hydrogen (secondary N) is 3. The highest BCUT2D eigenvalue weighted by atomic mass is 16.5. The number of hydrogen-bond acceptors (Lipinski definition) is 7. The number of rotatable bonds is 7. The average Bonchev–Trinajstić information content (AvgIpc) is 2.88. The van der Waals surface area contributed by atoms with Crippen molar-refractivity contribution in [1.82, 2.24) is 25.5 Å². The van der Waals surface area contributed by atoms with E-state index in [4.69, 9.17) is 25.6 Å². The molecular formula is C25H33N7O2. The van der Waals surface area contributed by atoms with Crippen LogP contribution in [0.25, 0.3) is 10.9 Å². The fraction of sp³-hybridized carbons (Fsp3) is 0.400. The van der Waals surface area contributed by atoms with Gasteiger partial charge in [-0.25, -0.2) is 9.97 Å². The van der Waals surface area contributed by atoms with Gasteiger partial charge in [-0.1, -0.05) is 30.3 Å². The lowest BCUT2D eigenvalue weighted by atomic mass is 9.72. The predicted molar refractivity (Wildman–Crippen MR) is 134 cm³/mol. The second-order valence-corrected chi connectivity index (χ2v) is 8.58. The van der Waals surface area contributed by atoms with E-state index in [1.807, 2.05) is 18.2 Å². The Morgan fingerprint density at radius 1 is 1.09 bits per heavy atom. The number of anilines is 1. The minimum Gasteiger partial charge on any atom is -0.493 e. The first-order chi connectivity index (χ1) is 16.5. The van der Waals surface area contributed by atoms with Crippen LogP contribution in [-0.2, 0) is 12.0 Å². The molecule has 5 N–H and O–H groups in total. The summed E-state index contributed by atoms with van der Waals surface area (Å²) in [6, 6.07) is 14.3. The molecule has 0 aliphatic carbocycles. The number of guanidine groups is 1. The smallest absolute Gasteiger partial charge is 0.190 e. The lowest BCUT2D eigenvalue weighted by Gasteiger charge is -2.43. The Labute approximate surface area is 200 Å². The Balaban J connectivity index is 1.52. The third-order valence-corrected chi connectivity index (χ3v) is 6.68. The highest BCUT2D eigenvalue weighted by Crippen LogP contribution is 2.36. The molecule has 1 saturated heterocycles. The van der Waals surface area contributed by atoms with E-state index < -0.39 is 0 Å². The first-order valence-electron chi connectivity index (χ1n) is 11.5. The Morgan fingerprint density at radius 2 is 1.76 bits per heavy atom. The van der Waals surface area contributed by atoms with Crippen LogP contribution < -0.4 is 25.8 Å². The van der Waals surface area contributed by atoms with Crippen LogP contribution in [0.3, 0.4) is 0 Å². The van der Waals surface area contributed by atoms with Crippen molar-refractivity contribution in [2.24, 2.45) is 0 Å². The van der Waals surface area contributed by atoms with E-state index >= 15 is 0 Å². The Bertz CT molecular complexity index is 1140. The largest absolute Gasteiger partial charge is 0.493 e. The molecule has 1 aliphatic rings. The number of methoxy groups -OCH3 is 2. The van der Waals surface area contributed by atoms with Crippen molar-refractivity contribution in [1.29, 1.82) is 5.41 Å². The van der Waals surface area contributed by atoms with Crippen molar-refractivity contribution in [2.75, 3.05) is 46.6 Å². The van der Waals surface area contributed by atoms with Crippen molar-refractivity contribution < 1.29 is 9.47 Å². The molecule has 1 fully saturated rings. The zero-order valence-corrected chi connectivity index (χ0v) is 20.0. The summed E-state index contributed by atoms with van der Waals surface area (Å²) in [6.45, 7) is 2.94. The number of benzene rings is 2. The Morgan fingerprint density at radius 3 is 2.41 bits per heavy atom. The summed E-state index contributed by atoms with van der Waals surface area (Å²) in [7, 11) is 4.99. The molecule has 0 saturated carbocycles. The molecule has 4 rings (SSSR count). The van der Waals surface area contributed by atoms with Crippen molar-refractivity contribution in [2.45, 2.75) is 24.8 Å². The van der Waals surface area contributed by atoms with Crippen molar-refractivity contribution in [3.63, 3.8) is 0 Å². The second kappa shape index (κ2) is 10.1. The number of fused-ring (bicyclic) bond motifs is 1. The monoisotopic (exact) mass is 463 g/mol. The summed E-state index contributed by atoms with van der Waals surface area (Å²) in [5.74, 6) is 2.73. The van der Waals surface area contributed by atoms with Gasteiger partial charge in [-0.05, 0) is 24.5 Å². The van der Waals surface area contributed by atoms with Crippen molar-refractivity contribution in [3.05, 3.63) is 53.9 Å².